The predicted molar refractivity (Wildman–Crippen MR) is 100 cm³/mol. The fourth-order valence-electron chi connectivity index (χ4n) is 3.20. The zero-order chi connectivity index (χ0) is 18.4. The van der Waals surface area contributed by atoms with Gasteiger partial charge in [-0.1, -0.05) is 45.0 Å². The number of ether oxygens (including phenoxy) is 1. The van der Waals surface area contributed by atoms with E-state index < -0.39 is 5.97 Å². The summed E-state index contributed by atoms with van der Waals surface area (Å²) in [6.07, 6.45) is 1.11. The minimum absolute atomic E-state index is 0.0555. The number of carboxylic acid groups (broad SMARTS) is 1. The molecule has 5 nitrogen and oxygen atoms in total. The molecule has 0 amide bonds. The van der Waals surface area contributed by atoms with Crippen LogP contribution in [0.3, 0.4) is 0 Å². The Balaban J connectivity index is 1.79. The molecule has 1 aromatic rings. The Kier molecular flexibility index (Phi) is 6.99. The van der Waals surface area contributed by atoms with Crippen molar-refractivity contribution in [2.24, 2.45) is 0 Å². The lowest BCUT2D eigenvalue weighted by atomic mass is 9.86. The summed E-state index contributed by atoms with van der Waals surface area (Å²) >= 11 is 0. The van der Waals surface area contributed by atoms with Gasteiger partial charge in [-0.05, 0) is 30.0 Å². The Hall–Kier alpha value is -1.43. The molecule has 0 bridgehead atoms. The highest BCUT2D eigenvalue weighted by Crippen LogP contribution is 2.22. The van der Waals surface area contributed by atoms with Crippen LogP contribution in [0, 0.1) is 0 Å². The third-order valence-electron chi connectivity index (χ3n) is 4.68. The maximum absolute atomic E-state index is 10.8. The first-order valence-electron chi connectivity index (χ1n) is 9.08. The molecular formula is C20H32N2O3. The molecule has 1 unspecified atom stereocenters. The number of hydrogen-bond acceptors (Lipinski definition) is 4. The van der Waals surface area contributed by atoms with Crippen molar-refractivity contribution in [2.75, 3.05) is 46.4 Å². The van der Waals surface area contributed by atoms with E-state index >= 15 is 0 Å². The number of carbonyl (C=O) groups is 1. The van der Waals surface area contributed by atoms with Crippen molar-refractivity contribution < 1.29 is 14.6 Å². The lowest BCUT2D eigenvalue weighted by Crippen LogP contribution is -2.48. The van der Waals surface area contributed by atoms with Crippen molar-refractivity contribution in [1.82, 2.24) is 9.80 Å². The number of aliphatic carboxylic acids is 1. The van der Waals surface area contributed by atoms with Crippen molar-refractivity contribution >= 4 is 5.97 Å². The van der Waals surface area contributed by atoms with Crippen LogP contribution in [0.2, 0.25) is 0 Å². The van der Waals surface area contributed by atoms with Gasteiger partial charge in [0, 0.05) is 26.2 Å². The Morgan fingerprint density at radius 3 is 2.60 bits per heavy atom. The maximum atomic E-state index is 10.8. The summed E-state index contributed by atoms with van der Waals surface area (Å²) in [7, 11) is 1.83. The molecule has 1 saturated heterocycles. The second-order valence-corrected chi connectivity index (χ2v) is 8.08. The van der Waals surface area contributed by atoms with Gasteiger partial charge in [0.15, 0.2) is 0 Å². The summed E-state index contributed by atoms with van der Waals surface area (Å²) in [5.41, 5.74) is 2.92. The van der Waals surface area contributed by atoms with Crippen molar-refractivity contribution in [3.63, 3.8) is 0 Å². The second kappa shape index (κ2) is 8.79. The summed E-state index contributed by atoms with van der Waals surface area (Å²) in [6, 6.07) is 8.94. The van der Waals surface area contributed by atoms with Gasteiger partial charge in [-0.3, -0.25) is 14.6 Å². The summed E-state index contributed by atoms with van der Waals surface area (Å²) in [4.78, 5) is 15.0. The van der Waals surface area contributed by atoms with Crippen LogP contribution in [0.25, 0.3) is 0 Å². The Bertz CT molecular complexity index is 551. The summed E-state index contributed by atoms with van der Waals surface area (Å²) in [6.45, 7) is 10.9. The summed E-state index contributed by atoms with van der Waals surface area (Å²) in [5.74, 6) is -0.797. The maximum Gasteiger partial charge on any atom is 0.317 e. The molecule has 1 heterocycles. The van der Waals surface area contributed by atoms with E-state index in [1.165, 1.54) is 11.1 Å². The van der Waals surface area contributed by atoms with Crippen LogP contribution in [-0.4, -0.2) is 73.4 Å². The number of benzene rings is 1. The predicted octanol–water partition coefficient (Wildman–Crippen LogP) is 2.24. The number of carboxylic acids is 1. The van der Waals surface area contributed by atoms with E-state index in [0.717, 1.165) is 26.1 Å². The molecule has 0 aliphatic carbocycles. The number of rotatable bonds is 7. The quantitative estimate of drug-likeness (QED) is 0.819. The SMILES string of the molecule is CN(CC(=O)O)CC1CN(CCc2ccc(C(C)(C)C)cc2)CCO1. The van der Waals surface area contributed by atoms with Gasteiger partial charge in [0.25, 0.3) is 0 Å². The van der Waals surface area contributed by atoms with Crippen LogP contribution < -0.4 is 0 Å². The zero-order valence-electron chi connectivity index (χ0n) is 16.0. The fourth-order valence-corrected chi connectivity index (χ4v) is 3.20. The number of likely N-dealkylation sites (N-methyl/N-ethyl adjacent to an activating group) is 1. The highest BCUT2D eigenvalue weighted by Gasteiger charge is 2.22. The zero-order valence-corrected chi connectivity index (χ0v) is 16.0. The van der Waals surface area contributed by atoms with Crippen molar-refractivity contribution in [1.29, 1.82) is 0 Å². The molecule has 25 heavy (non-hydrogen) atoms. The van der Waals surface area contributed by atoms with Gasteiger partial charge >= 0.3 is 5.97 Å². The molecule has 5 heteroatoms. The van der Waals surface area contributed by atoms with Gasteiger partial charge in [-0.15, -0.1) is 0 Å². The molecule has 0 saturated carbocycles. The Morgan fingerprint density at radius 2 is 2.00 bits per heavy atom. The van der Waals surface area contributed by atoms with Crippen molar-refractivity contribution in [2.45, 2.75) is 38.7 Å². The van der Waals surface area contributed by atoms with Gasteiger partial charge < -0.3 is 9.84 Å². The van der Waals surface area contributed by atoms with E-state index in [2.05, 4.69) is 49.9 Å². The normalized spacial score (nSPS) is 19.3. The molecule has 1 atom stereocenters. The summed E-state index contributed by atoms with van der Waals surface area (Å²) < 4.78 is 5.79. The lowest BCUT2D eigenvalue weighted by Gasteiger charge is -2.34. The molecule has 0 spiro atoms. The molecule has 0 radical (unpaired) electrons. The average Bonchev–Trinajstić information content (AvgIpc) is 2.52. The Labute approximate surface area is 151 Å². The van der Waals surface area contributed by atoms with E-state index in [1.807, 2.05) is 11.9 Å². The first-order chi connectivity index (χ1) is 11.7. The molecule has 1 N–H and O–H groups in total. The molecule has 1 aliphatic heterocycles. The second-order valence-electron chi connectivity index (χ2n) is 8.08. The minimum atomic E-state index is -0.797. The smallest absolute Gasteiger partial charge is 0.317 e. The van der Waals surface area contributed by atoms with Crippen LogP contribution in [-0.2, 0) is 21.4 Å². The van der Waals surface area contributed by atoms with Crippen LogP contribution >= 0.6 is 0 Å². The number of hydrogen-bond donors (Lipinski definition) is 1. The molecule has 1 aliphatic rings. The van der Waals surface area contributed by atoms with Crippen LogP contribution in [0.4, 0.5) is 0 Å². The van der Waals surface area contributed by atoms with Crippen LogP contribution in [0.15, 0.2) is 24.3 Å². The third-order valence-corrected chi connectivity index (χ3v) is 4.68. The minimum Gasteiger partial charge on any atom is -0.480 e. The standard InChI is InChI=1S/C20H32N2O3/c1-20(2,3)17-7-5-16(6-8-17)9-10-22-11-12-25-18(14-22)13-21(4)15-19(23)24/h5-8,18H,9-15H2,1-4H3,(H,23,24). The van der Waals surface area contributed by atoms with Crippen LogP contribution in [0.1, 0.15) is 31.9 Å². The molecule has 0 aromatic heterocycles. The van der Waals surface area contributed by atoms with Gasteiger partial charge in [-0.2, -0.15) is 0 Å². The first-order valence-corrected chi connectivity index (χ1v) is 9.08. The van der Waals surface area contributed by atoms with E-state index in [1.54, 1.807) is 0 Å². The van der Waals surface area contributed by atoms with E-state index in [-0.39, 0.29) is 18.1 Å². The highest BCUT2D eigenvalue weighted by molar-refractivity contribution is 5.69. The molecule has 2 rings (SSSR count). The van der Waals surface area contributed by atoms with Gasteiger partial charge in [0.05, 0.1) is 19.3 Å². The Morgan fingerprint density at radius 1 is 1.32 bits per heavy atom. The largest absolute Gasteiger partial charge is 0.480 e. The van der Waals surface area contributed by atoms with Gasteiger partial charge in [0.1, 0.15) is 0 Å². The molecule has 1 fully saturated rings. The van der Waals surface area contributed by atoms with Crippen LogP contribution in [0.5, 0.6) is 0 Å². The van der Waals surface area contributed by atoms with E-state index in [4.69, 9.17) is 9.84 Å². The van der Waals surface area contributed by atoms with E-state index in [0.29, 0.717) is 13.2 Å². The monoisotopic (exact) mass is 348 g/mol. The molecular weight excluding hydrogens is 316 g/mol. The number of nitrogens with zero attached hydrogens (tertiary/aromatic N) is 2. The lowest BCUT2D eigenvalue weighted by molar-refractivity contribution is -0.138. The topological polar surface area (TPSA) is 53.0 Å². The molecule has 140 valence electrons. The highest BCUT2D eigenvalue weighted by atomic mass is 16.5. The summed E-state index contributed by atoms with van der Waals surface area (Å²) in [5, 5.41) is 8.85. The third kappa shape index (κ3) is 6.77. The van der Waals surface area contributed by atoms with Gasteiger partial charge in [-0.25, -0.2) is 0 Å². The first kappa shape index (κ1) is 19.9. The van der Waals surface area contributed by atoms with Crippen molar-refractivity contribution in [3.05, 3.63) is 35.4 Å². The van der Waals surface area contributed by atoms with E-state index in [9.17, 15) is 4.79 Å². The average molecular weight is 348 g/mol. The molecule has 1 aromatic carbocycles. The van der Waals surface area contributed by atoms with Gasteiger partial charge in [0.2, 0.25) is 0 Å². The number of morpholine rings is 1. The fraction of sp³-hybridized carbons (Fsp3) is 0.650. The van der Waals surface area contributed by atoms with Crippen molar-refractivity contribution in [3.8, 4) is 0 Å².